The van der Waals surface area contributed by atoms with Crippen LogP contribution in [0.5, 0.6) is 0 Å². The number of fused-ring (bicyclic) bond motifs is 2. The highest BCUT2D eigenvalue weighted by atomic mass is 16.7. The Morgan fingerprint density at radius 1 is 0.842 bits per heavy atom. The largest absolute Gasteiger partial charge is 0.461 e. The zero-order valence-electron chi connectivity index (χ0n) is 21.2. The van der Waals surface area contributed by atoms with E-state index in [0.29, 0.717) is 36.8 Å². The summed E-state index contributed by atoms with van der Waals surface area (Å²) in [6.07, 6.45) is -5.57. The maximum atomic E-state index is 13.3. The number of hydrogen-bond acceptors (Lipinski definition) is 12. The van der Waals surface area contributed by atoms with Gasteiger partial charge in [-0.15, -0.1) is 0 Å². The molecule has 12 nitrogen and oxygen atoms in total. The summed E-state index contributed by atoms with van der Waals surface area (Å²) in [5.41, 5.74) is 2.60. The molecular formula is C26H32O12. The van der Waals surface area contributed by atoms with Gasteiger partial charge in [0.2, 0.25) is 0 Å². The van der Waals surface area contributed by atoms with E-state index in [9.17, 15) is 34.5 Å². The molecule has 0 aromatic rings. The number of aliphatic hydroxyl groups excluding tert-OH is 3. The molecule has 3 saturated heterocycles. The van der Waals surface area contributed by atoms with E-state index in [1.807, 2.05) is 6.92 Å². The first-order valence-corrected chi connectivity index (χ1v) is 12.9. The van der Waals surface area contributed by atoms with E-state index >= 15 is 0 Å². The Kier molecular flexibility index (Phi) is 7.33. The Morgan fingerprint density at radius 2 is 1.32 bits per heavy atom. The fourth-order valence-corrected chi connectivity index (χ4v) is 6.35. The highest BCUT2D eigenvalue weighted by Crippen LogP contribution is 2.43. The van der Waals surface area contributed by atoms with Gasteiger partial charge in [0.1, 0.15) is 25.4 Å². The first-order valence-electron chi connectivity index (χ1n) is 12.9. The maximum Gasteiger partial charge on any atom is 0.334 e. The second-order valence-electron chi connectivity index (χ2n) is 10.6. The summed E-state index contributed by atoms with van der Waals surface area (Å²) in [6.45, 7) is 2.50. The van der Waals surface area contributed by atoms with Crippen molar-refractivity contribution in [2.75, 3.05) is 19.8 Å². The predicted molar refractivity (Wildman–Crippen MR) is 123 cm³/mol. The molecule has 5 aliphatic rings. The minimum absolute atomic E-state index is 0.199. The fraction of sp³-hybridized carbons (Fsp3) is 0.692. The Hall–Kier alpha value is -2.80. The fourth-order valence-electron chi connectivity index (χ4n) is 6.35. The van der Waals surface area contributed by atoms with E-state index in [1.165, 1.54) is 0 Å². The first kappa shape index (κ1) is 26.8. The number of cyclic esters (lactones) is 2. The zero-order chi connectivity index (χ0) is 27.3. The third-order valence-electron chi connectivity index (χ3n) is 8.44. The van der Waals surface area contributed by atoms with Crippen LogP contribution in [0.3, 0.4) is 0 Å². The molecule has 3 heterocycles. The molecule has 0 radical (unpaired) electrons. The molecule has 38 heavy (non-hydrogen) atoms. The maximum absolute atomic E-state index is 13.3. The molecule has 0 aromatic heterocycles. The molecule has 208 valence electrons. The van der Waals surface area contributed by atoms with Crippen molar-refractivity contribution in [2.24, 2.45) is 23.7 Å². The van der Waals surface area contributed by atoms with E-state index in [2.05, 4.69) is 0 Å². The molecule has 3 N–H and O–H groups in total. The Balaban J connectivity index is 1.35. The van der Waals surface area contributed by atoms with Crippen molar-refractivity contribution < 1.29 is 58.2 Å². The van der Waals surface area contributed by atoms with Crippen LogP contribution in [0, 0.1) is 23.7 Å². The average molecular weight is 537 g/mol. The van der Waals surface area contributed by atoms with E-state index in [0.717, 1.165) is 11.1 Å². The van der Waals surface area contributed by atoms with Gasteiger partial charge in [0.25, 0.3) is 0 Å². The first-order chi connectivity index (χ1) is 18.1. The van der Waals surface area contributed by atoms with Gasteiger partial charge in [-0.05, 0) is 39.5 Å². The van der Waals surface area contributed by atoms with Crippen molar-refractivity contribution in [2.45, 2.75) is 70.2 Å². The van der Waals surface area contributed by atoms with Crippen LogP contribution in [0.25, 0.3) is 0 Å². The number of aliphatic hydroxyl groups is 3. The van der Waals surface area contributed by atoms with Crippen LogP contribution in [-0.2, 0) is 42.9 Å². The third-order valence-corrected chi connectivity index (χ3v) is 8.44. The van der Waals surface area contributed by atoms with Gasteiger partial charge in [-0.1, -0.05) is 11.1 Å². The SMILES string of the molecule is CC1=C2C(=O)OC[C@@H](C(=O)O[C@@H]3[C@@H](O)[C@@H](O)O[C@H](CO)[C@H]3OC(=O)[C@@H]3COC(=O)C4=C(C)CC[C@H]43)[C@@H]2CC1. The lowest BCUT2D eigenvalue weighted by molar-refractivity contribution is -0.295. The topological polar surface area (TPSA) is 175 Å². The number of rotatable bonds is 5. The lowest BCUT2D eigenvalue weighted by Gasteiger charge is -2.42. The lowest BCUT2D eigenvalue weighted by Crippen LogP contribution is -2.62. The Labute approximate surface area is 218 Å². The molecular weight excluding hydrogens is 504 g/mol. The number of hydrogen-bond donors (Lipinski definition) is 3. The summed E-state index contributed by atoms with van der Waals surface area (Å²) in [5.74, 6) is -4.97. The van der Waals surface area contributed by atoms with Gasteiger partial charge in [0.15, 0.2) is 18.5 Å². The normalized spacial score (nSPS) is 38.8. The number of allylic oxidation sites excluding steroid dienone is 2. The molecule has 2 aliphatic carbocycles. The average Bonchev–Trinajstić information content (AvgIpc) is 3.47. The van der Waals surface area contributed by atoms with Crippen LogP contribution < -0.4 is 0 Å². The number of esters is 4. The van der Waals surface area contributed by atoms with Crippen LogP contribution in [0.4, 0.5) is 0 Å². The number of carbonyl (C=O) groups excluding carboxylic acids is 4. The van der Waals surface area contributed by atoms with Crippen LogP contribution in [0.2, 0.25) is 0 Å². The van der Waals surface area contributed by atoms with Crippen LogP contribution >= 0.6 is 0 Å². The van der Waals surface area contributed by atoms with Crippen LogP contribution in [0.15, 0.2) is 22.3 Å². The zero-order valence-corrected chi connectivity index (χ0v) is 21.2. The van der Waals surface area contributed by atoms with Gasteiger partial charge in [-0.3, -0.25) is 9.59 Å². The van der Waals surface area contributed by atoms with Gasteiger partial charge in [-0.2, -0.15) is 0 Å². The molecule has 0 bridgehead atoms. The second kappa shape index (κ2) is 10.4. The minimum Gasteiger partial charge on any atom is -0.461 e. The molecule has 0 unspecified atom stereocenters. The molecule has 12 heteroatoms. The van der Waals surface area contributed by atoms with Gasteiger partial charge >= 0.3 is 23.9 Å². The van der Waals surface area contributed by atoms with E-state index < -0.39 is 84.9 Å². The highest BCUT2D eigenvalue weighted by Gasteiger charge is 2.53. The monoisotopic (exact) mass is 536 g/mol. The standard InChI is InChI=1S/C26H32O12/c1-10-3-5-12-14(8-34-24(31)17(10)12)22(29)37-20-16(7-27)36-26(33)19(28)21(20)38-23(30)15-9-35-25(32)18-11(2)4-6-13(15)18/h12-16,19-21,26-28,33H,3-9H2,1-2H3/t12-,13-,14+,15+,16+,19+,20+,21+,26-/m0/s1. The smallest absolute Gasteiger partial charge is 0.334 e. The van der Waals surface area contributed by atoms with Gasteiger partial charge < -0.3 is 39.0 Å². The van der Waals surface area contributed by atoms with Crippen molar-refractivity contribution in [3.05, 3.63) is 22.3 Å². The van der Waals surface area contributed by atoms with Gasteiger partial charge in [-0.25, -0.2) is 9.59 Å². The summed E-state index contributed by atoms with van der Waals surface area (Å²) in [6, 6.07) is 0. The quantitative estimate of drug-likeness (QED) is 0.309. The molecule has 0 aromatic carbocycles. The molecule has 0 amide bonds. The second-order valence-corrected chi connectivity index (χ2v) is 10.6. The van der Waals surface area contributed by atoms with E-state index in [-0.39, 0.29) is 13.2 Å². The van der Waals surface area contributed by atoms with Crippen LogP contribution in [-0.4, -0.2) is 89.7 Å². The summed E-state index contributed by atoms with van der Waals surface area (Å²) in [5, 5.41) is 30.8. The van der Waals surface area contributed by atoms with Crippen molar-refractivity contribution in [3.63, 3.8) is 0 Å². The van der Waals surface area contributed by atoms with Crippen LogP contribution in [0.1, 0.15) is 39.5 Å². The van der Waals surface area contributed by atoms with Crippen molar-refractivity contribution in [3.8, 4) is 0 Å². The predicted octanol–water partition coefficient (Wildman–Crippen LogP) is -0.321. The Bertz CT molecular complexity index is 1020. The van der Waals surface area contributed by atoms with Crippen molar-refractivity contribution >= 4 is 23.9 Å². The number of carbonyl (C=O) groups is 4. The summed E-state index contributed by atoms with van der Waals surface area (Å²) < 4.78 is 26.9. The summed E-state index contributed by atoms with van der Waals surface area (Å²) in [7, 11) is 0. The van der Waals surface area contributed by atoms with Crippen molar-refractivity contribution in [1.82, 2.24) is 0 Å². The van der Waals surface area contributed by atoms with Gasteiger partial charge in [0.05, 0.1) is 18.4 Å². The lowest BCUT2D eigenvalue weighted by atomic mass is 9.84. The van der Waals surface area contributed by atoms with Crippen molar-refractivity contribution in [1.29, 1.82) is 0 Å². The molecule has 5 rings (SSSR count). The molecule has 9 atom stereocenters. The summed E-state index contributed by atoms with van der Waals surface area (Å²) in [4.78, 5) is 51.0. The number of ether oxygens (including phenoxy) is 5. The van der Waals surface area contributed by atoms with E-state index in [4.69, 9.17) is 23.7 Å². The minimum atomic E-state index is -1.82. The third kappa shape index (κ3) is 4.53. The molecule has 0 saturated carbocycles. The molecule has 3 fully saturated rings. The summed E-state index contributed by atoms with van der Waals surface area (Å²) >= 11 is 0. The Morgan fingerprint density at radius 3 is 1.79 bits per heavy atom. The van der Waals surface area contributed by atoms with E-state index in [1.54, 1.807) is 6.92 Å². The molecule has 3 aliphatic heterocycles. The molecule has 0 spiro atoms. The highest BCUT2D eigenvalue weighted by molar-refractivity contribution is 5.94. The van der Waals surface area contributed by atoms with Gasteiger partial charge in [0, 0.05) is 23.0 Å².